The highest BCUT2D eigenvalue weighted by Crippen LogP contribution is 2.23. The maximum Gasteiger partial charge on any atom is 0.234 e. The van der Waals surface area contributed by atoms with Crippen LogP contribution in [0.4, 0.5) is 5.69 Å². The summed E-state index contributed by atoms with van der Waals surface area (Å²) in [6.07, 6.45) is 0.468. The minimum absolute atomic E-state index is 0.125. The van der Waals surface area contributed by atoms with E-state index in [4.69, 9.17) is 0 Å². The summed E-state index contributed by atoms with van der Waals surface area (Å²) in [6.45, 7) is 0. The zero-order valence-electron chi connectivity index (χ0n) is 15.0. The van der Waals surface area contributed by atoms with Gasteiger partial charge < -0.3 is 16.0 Å². The fourth-order valence-electron chi connectivity index (χ4n) is 2.97. The first-order valence-corrected chi connectivity index (χ1v) is 9.75. The molecular formula is C19H22N4O3S. The molecule has 4 N–H and O–H groups in total. The summed E-state index contributed by atoms with van der Waals surface area (Å²) in [6, 6.07) is 13.4. The summed E-state index contributed by atoms with van der Waals surface area (Å²) in [4.78, 5) is 35.7. The van der Waals surface area contributed by atoms with E-state index in [1.807, 2.05) is 42.5 Å². The summed E-state index contributed by atoms with van der Waals surface area (Å²) in [5, 5.41) is 13.5. The molecule has 1 saturated heterocycles. The van der Waals surface area contributed by atoms with Gasteiger partial charge in [0.25, 0.3) is 0 Å². The van der Waals surface area contributed by atoms with Crippen molar-refractivity contribution in [2.75, 3.05) is 18.1 Å². The fraction of sp³-hybridized carbons (Fsp3) is 0.316. The molecule has 1 heterocycles. The average molecular weight is 386 g/mol. The van der Waals surface area contributed by atoms with Crippen LogP contribution in [0.5, 0.6) is 0 Å². The van der Waals surface area contributed by atoms with Gasteiger partial charge in [-0.2, -0.15) is 0 Å². The molecule has 8 heteroatoms. The molecule has 0 saturated carbocycles. The van der Waals surface area contributed by atoms with Crippen LogP contribution in [0.15, 0.2) is 42.5 Å². The molecule has 27 heavy (non-hydrogen) atoms. The fourth-order valence-corrected chi connectivity index (χ4v) is 3.86. The maximum atomic E-state index is 12.3. The normalized spacial score (nSPS) is 19.4. The molecule has 2 atom stereocenters. The van der Waals surface area contributed by atoms with Crippen molar-refractivity contribution in [3.8, 4) is 0 Å². The number of nitrogens with one attached hydrogen (secondary N) is 4. The monoisotopic (exact) mass is 386 g/mol. The van der Waals surface area contributed by atoms with Crippen LogP contribution in [0.25, 0.3) is 10.8 Å². The van der Waals surface area contributed by atoms with E-state index in [0.29, 0.717) is 0 Å². The summed E-state index contributed by atoms with van der Waals surface area (Å²) in [7, 11) is 1.56. The van der Waals surface area contributed by atoms with Gasteiger partial charge in [0.15, 0.2) is 0 Å². The van der Waals surface area contributed by atoms with Crippen LogP contribution >= 0.6 is 11.8 Å². The highest BCUT2D eigenvalue weighted by atomic mass is 32.2. The van der Waals surface area contributed by atoms with Crippen LogP contribution < -0.4 is 21.3 Å². The quantitative estimate of drug-likeness (QED) is 0.602. The van der Waals surface area contributed by atoms with Gasteiger partial charge in [-0.3, -0.25) is 19.7 Å². The van der Waals surface area contributed by atoms with Crippen molar-refractivity contribution < 1.29 is 14.4 Å². The van der Waals surface area contributed by atoms with Gasteiger partial charge >= 0.3 is 0 Å². The van der Waals surface area contributed by atoms with Gasteiger partial charge in [0.2, 0.25) is 17.7 Å². The standard InChI is InChI=1S/C19H22N4O3S/c1-20-16(24)9-13-10-17(25)23-19(21-13)27-11-18(26)22-15-8-4-6-12-5-2-3-7-14(12)15/h2-8,13,19,21H,9-11H2,1H3,(H,20,24)(H,22,26)(H,23,25). The number of carbonyl (C=O) groups is 3. The molecule has 0 aromatic heterocycles. The Bertz CT molecular complexity index is 852. The second-order valence-electron chi connectivity index (χ2n) is 6.28. The molecule has 7 nitrogen and oxygen atoms in total. The van der Waals surface area contributed by atoms with Gasteiger partial charge in [0, 0.05) is 37.0 Å². The number of amides is 3. The molecule has 0 spiro atoms. The van der Waals surface area contributed by atoms with Gasteiger partial charge in [-0.1, -0.05) is 36.4 Å². The maximum absolute atomic E-state index is 12.3. The van der Waals surface area contributed by atoms with Crippen LogP contribution in [0, 0.1) is 0 Å². The lowest BCUT2D eigenvalue weighted by atomic mass is 10.1. The lowest BCUT2D eigenvalue weighted by Crippen LogP contribution is -2.55. The van der Waals surface area contributed by atoms with E-state index >= 15 is 0 Å². The molecule has 0 bridgehead atoms. The second-order valence-corrected chi connectivity index (χ2v) is 7.37. The third-order valence-electron chi connectivity index (χ3n) is 4.27. The predicted molar refractivity (Wildman–Crippen MR) is 107 cm³/mol. The van der Waals surface area contributed by atoms with E-state index < -0.39 is 5.50 Å². The Balaban J connectivity index is 1.55. The number of rotatable bonds is 6. The minimum atomic E-state index is -0.404. The van der Waals surface area contributed by atoms with E-state index in [1.165, 1.54) is 11.8 Å². The molecule has 3 rings (SSSR count). The SMILES string of the molecule is CNC(=O)CC1CC(=O)NC(SCC(=O)Nc2cccc3ccccc23)N1. The van der Waals surface area contributed by atoms with E-state index in [2.05, 4.69) is 21.3 Å². The van der Waals surface area contributed by atoms with Crippen molar-refractivity contribution in [2.45, 2.75) is 24.4 Å². The Hall–Kier alpha value is -2.58. The topological polar surface area (TPSA) is 99.3 Å². The Morgan fingerprint density at radius 1 is 1.15 bits per heavy atom. The van der Waals surface area contributed by atoms with Crippen molar-refractivity contribution in [1.29, 1.82) is 0 Å². The Kier molecular flexibility index (Phi) is 6.31. The number of benzene rings is 2. The minimum Gasteiger partial charge on any atom is -0.359 e. The molecule has 2 unspecified atom stereocenters. The number of hydrogen-bond acceptors (Lipinski definition) is 5. The van der Waals surface area contributed by atoms with Crippen molar-refractivity contribution in [2.24, 2.45) is 0 Å². The number of anilines is 1. The molecule has 1 aliphatic rings. The lowest BCUT2D eigenvalue weighted by Gasteiger charge is -2.30. The number of carbonyl (C=O) groups excluding carboxylic acids is 3. The zero-order chi connectivity index (χ0) is 19.2. The highest BCUT2D eigenvalue weighted by molar-refractivity contribution is 8.00. The molecule has 142 valence electrons. The number of fused-ring (bicyclic) bond motifs is 1. The molecule has 2 aromatic carbocycles. The van der Waals surface area contributed by atoms with Crippen LogP contribution in [0.2, 0.25) is 0 Å². The summed E-state index contributed by atoms with van der Waals surface area (Å²) in [5.74, 6) is -0.233. The average Bonchev–Trinajstić information content (AvgIpc) is 2.66. The molecular weight excluding hydrogens is 364 g/mol. The van der Waals surface area contributed by atoms with Crippen LogP contribution in [-0.4, -0.2) is 42.1 Å². The van der Waals surface area contributed by atoms with Crippen molar-refractivity contribution >= 4 is 45.9 Å². The summed E-state index contributed by atoms with van der Waals surface area (Å²) >= 11 is 1.29. The third-order valence-corrected chi connectivity index (χ3v) is 5.28. The molecule has 3 amide bonds. The van der Waals surface area contributed by atoms with Crippen LogP contribution in [0.3, 0.4) is 0 Å². The van der Waals surface area contributed by atoms with Crippen molar-refractivity contribution in [3.05, 3.63) is 42.5 Å². The molecule has 0 radical (unpaired) electrons. The van der Waals surface area contributed by atoms with Crippen molar-refractivity contribution in [3.63, 3.8) is 0 Å². The van der Waals surface area contributed by atoms with Crippen molar-refractivity contribution in [1.82, 2.24) is 16.0 Å². The van der Waals surface area contributed by atoms with Crippen LogP contribution in [-0.2, 0) is 14.4 Å². The summed E-state index contributed by atoms with van der Waals surface area (Å²) in [5.41, 5.74) is 0.357. The van der Waals surface area contributed by atoms with Gasteiger partial charge in [0.1, 0.15) is 5.50 Å². The number of hydrogen-bond donors (Lipinski definition) is 4. The first-order chi connectivity index (χ1) is 13.0. The Labute approximate surface area is 161 Å². The van der Waals surface area contributed by atoms with Gasteiger partial charge in [-0.15, -0.1) is 11.8 Å². The predicted octanol–water partition coefficient (Wildman–Crippen LogP) is 1.41. The third kappa shape index (κ3) is 5.21. The van der Waals surface area contributed by atoms with E-state index in [0.717, 1.165) is 16.5 Å². The first kappa shape index (κ1) is 19.2. The van der Waals surface area contributed by atoms with E-state index in [9.17, 15) is 14.4 Å². The molecule has 0 aliphatic carbocycles. The largest absolute Gasteiger partial charge is 0.359 e. The van der Waals surface area contributed by atoms with Gasteiger partial charge in [-0.05, 0) is 11.5 Å². The summed E-state index contributed by atoms with van der Waals surface area (Å²) < 4.78 is 0. The smallest absolute Gasteiger partial charge is 0.234 e. The first-order valence-electron chi connectivity index (χ1n) is 8.70. The second kappa shape index (κ2) is 8.88. The number of thioether (sulfide) groups is 1. The molecule has 1 aliphatic heterocycles. The lowest BCUT2D eigenvalue weighted by molar-refractivity contribution is -0.125. The van der Waals surface area contributed by atoms with E-state index in [-0.39, 0.29) is 42.4 Å². The zero-order valence-corrected chi connectivity index (χ0v) is 15.8. The highest BCUT2D eigenvalue weighted by Gasteiger charge is 2.27. The Morgan fingerprint density at radius 2 is 1.93 bits per heavy atom. The van der Waals surface area contributed by atoms with Gasteiger partial charge in [0.05, 0.1) is 5.75 Å². The molecule has 2 aromatic rings. The van der Waals surface area contributed by atoms with E-state index in [1.54, 1.807) is 7.05 Å². The molecule has 1 fully saturated rings. The van der Waals surface area contributed by atoms with Crippen LogP contribution in [0.1, 0.15) is 12.8 Å². The Morgan fingerprint density at radius 3 is 2.74 bits per heavy atom. The van der Waals surface area contributed by atoms with Gasteiger partial charge in [-0.25, -0.2) is 0 Å².